The summed E-state index contributed by atoms with van der Waals surface area (Å²) in [4.78, 5) is 26.4. The van der Waals surface area contributed by atoms with Crippen LogP contribution in [-0.2, 0) is 20.5 Å². The lowest BCUT2D eigenvalue weighted by atomic mass is 9.76. The summed E-state index contributed by atoms with van der Waals surface area (Å²) in [5.74, 6) is -0.140. The number of nitrogens with zero attached hydrogens (tertiary/aromatic N) is 1. The van der Waals surface area contributed by atoms with E-state index in [2.05, 4.69) is 5.32 Å². The van der Waals surface area contributed by atoms with Crippen molar-refractivity contribution in [3.63, 3.8) is 0 Å². The fourth-order valence-electron chi connectivity index (χ4n) is 3.56. The maximum absolute atomic E-state index is 12.6. The maximum Gasteiger partial charge on any atom is 0.494 e. The molecule has 1 N–H and O–H groups in total. The van der Waals surface area contributed by atoms with Crippen molar-refractivity contribution < 1.29 is 23.6 Å². The van der Waals surface area contributed by atoms with Gasteiger partial charge in [-0.1, -0.05) is 12.1 Å². The van der Waals surface area contributed by atoms with Gasteiger partial charge in [0.25, 0.3) is 5.91 Å². The molecule has 0 spiro atoms. The Balaban J connectivity index is 1.74. The van der Waals surface area contributed by atoms with Crippen molar-refractivity contribution in [2.24, 2.45) is 0 Å². The highest BCUT2D eigenvalue weighted by Gasteiger charge is 2.51. The second kappa shape index (κ2) is 7.57. The third-order valence-corrected chi connectivity index (χ3v) is 5.90. The molecule has 2 amide bonds. The van der Waals surface area contributed by atoms with Crippen LogP contribution in [0.3, 0.4) is 0 Å². The highest BCUT2D eigenvalue weighted by molar-refractivity contribution is 6.62. The predicted molar refractivity (Wildman–Crippen MR) is 116 cm³/mol. The molecule has 0 radical (unpaired) electrons. The molecule has 3 rings (SSSR count). The second-order valence-corrected chi connectivity index (χ2v) is 10.2. The van der Waals surface area contributed by atoms with Crippen molar-refractivity contribution in [2.45, 2.75) is 77.7 Å². The Morgan fingerprint density at radius 1 is 1.23 bits per heavy atom. The van der Waals surface area contributed by atoms with Gasteiger partial charge in [0.2, 0.25) is 0 Å². The summed E-state index contributed by atoms with van der Waals surface area (Å²) in [5.41, 5.74) is 1.04. The number of ether oxygens (including phenoxy) is 1. The molecule has 1 unspecified atom stereocenters. The number of carbonyl (C=O) groups excluding carboxylic acids is 2. The van der Waals surface area contributed by atoms with Gasteiger partial charge in [-0.25, -0.2) is 4.79 Å². The fourth-order valence-corrected chi connectivity index (χ4v) is 3.56. The van der Waals surface area contributed by atoms with Crippen molar-refractivity contribution in [2.75, 3.05) is 13.6 Å². The average molecular weight is 416 g/mol. The molecular formula is C22H33BN2O5. The molecule has 1 saturated heterocycles. The molecular weight excluding hydrogens is 383 g/mol. The Morgan fingerprint density at radius 3 is 2.40 bits per heavy atom. The molecule has 30 heavy (non-hydrogen) atoms. The van der Waals surface area contributed by atoms with E-state index in [1.165, 1.54) is 4.90 Å². The zero-order chi connectivity index (χ0) is 22.5. The molecule has 1 fully saturated rings. The fraction of sp³-hybridized carbons (Fsp3) is 0.636. The van der Waals surface area contributed by atoms with E-state index in [1.54, 1.807) is 7.05 Å². The van der Waals surface area contributed by atoms with Crippen LogP contribution in [0.25, 0.3) is 0 Å². The van der Waals surface area contributed by atoms with Gasteiger partial charge < -0.3 is 24.3 Å². The van der Waals surface area contributed by atoms with E-state index in [9.17, 15) is 9.59 Å². The van der Waals surface area contributed by atoms with Crippen molar-refractivity contribution in [1.82, 2.24) is 10.2 Å². The van der Waals surface area contributed by atoms with Crippen LogP contribution >= 0.6 is 0 Å². The summed E-state index contributed by atoms with van der Waals surface area (Å²) >= 11 is 0. The minimum absolute atomic E-state index is 0.140. The summed E-state index contributed by atoms with van der Waals surface area (Å²) in [6.07, 6.45) is 0.204. The van der Waals surface area contributed by atoms with Gasteiger partial charge in [0.05, 0.1) is 17.2 Å². The third-order valence-electron chi connectivity index (χ3n) is 5.90. The van der Waals surface area contributed by atoms with E-state index in [0.29, 0.717) is 18.5 Å². The molecule has 2 aliphatic heterocycles. The largest absolute Gasteiger partial charge is 0.494 e. The summed E-state index contributed by atoms with van der Waals surface area (Å²) < 4.78 is 17.7. The van der Waals surface area contributed by atoms with Gasteiger partial charge in [-0.15, -0.1) is 0 Å². The molecule has 1 aromatic rings. The molecule has 0 bridgehead atoms. The van der Waals surface area contributed by atoms with Crippen LogP contribution in [0.1, 0.15) is 64.4 Å². The van der Waals surface area contributed by atoms with E-state index in [0.717, 1.165) is 11.0 Å². The van der Waals surface area contributed by atoms with Crippen LogP contribution in [0.2, 0.25) is 0 Å². The molecule has 1 atom stereocenters. The normalized spacial score (nSPS) is 22.3. The Morgan fingerprint density at radius 2 is 1.83 bits per heavy atom. The molecule has 1 aromatic carbocycles. The van der Waals surface area contributed by atoms with E-state index < -0.39 is 30.0 Å². The van der Waals surface area contributed by atoms with Gasteiger partial charge in [0, 0.05) is 19.2 Å². The standard InChI is InChI=1S/C22H33BN2O5/c1-20(2,3)28-19(27)25(8)13-16-12-14-11-15(9-10-17(14)18(26)24-16)23-29-21(4,5)22(6,7)30-23/h9-11,16H,12-13H2,1-8H3,(H,24,26). The topological polar surface area (TPSA) is 77.1 Å². The molecule has 7 nitrogen and oxygen atoms in total. The van der Waals surface area contributed by atoms with Crippen LogP contribution in [-0.4, -0.2) is 60.5 Å². The average Bonchev–Trinajstić information content (AvgIpc) is 2.80. The van der Waals surface area contributed by atoms with Crippen LogP contribution in [0.4, 0.5) is 4.79 Å². The van der Waals surface area contributed by atoms with Crippen LogP contribution < -0.4 is 10.8 Å². The predicted octanol–water partition coefficient (Wildman–Crippen LogP) is 2.51. The molecule has 0 saturated carbocycles. The number of amides is 2. The smallest absolute Gasteiger partial charge is 0.444 e. The number of nitrogens with one attached hydrogen (secondary N) is 1. The lowest BCUT2D eigenvalue weighted by molar-refractivity contribution is 0.00578. The molecule has 2 aliphatic rings. The van der Waals surface area contributed by atoms with Crippen molar-refractivity contribution in [1.29, 1.82) is 0 Å². The van der Waals surface area contributed by atoms with Gasteiger partial charge in [-0.05, 0) is 72.0 Å². The second-order valence-electron chi connectivity index (χ2n) is 10.2. The zero-order valence-corrected chi connectivity index (χ0v) is 19.3. The molecule has 8 heteroatoms. The van der Waals surface area contributed by atoms with E-state index in [1.807, 2.05) is 66.7 Å². The number of carbonyl (C=O) groups is 2. The highest BCUT2D eigenvalue weighted by Crippen LogP contribution is 2.36. The Labute approximate surface area is 179 Å². The first kappa shape index (κ1) is 22.6. The number of rotatable bonds is 3. The number of likely N-dealkylation sites (N-methyl/N-ethyl adjacent to an activating group) is 1. The van der Waals surface area contributed by atoms with Crippen molar-refractivity contribution in [3.05, 3.63) is 29.3 Å². The summed E-state index contributed by atoms with van der Waals surface area (Å²) in [7, 11) is 1.20. The van der Waals surface area contributed by atoms with Gasteiger partial charge in [-0.2, -0.15) is 0 Å². The highest BCUT2D eigenvalue weighted by atomic mass is 16.7. The Kier molecular flexibility index (Phi) is 5.71. The summed E-state index contributed by atoms with van der Waals surface area (Å²) in [6, 6.07) is 5.49. The maximum atomic E-state index is 12.6. The molecule has 0 aromatic heterocycles. The Bertz CT molecular complexity index is 830. The molecule has 164 valence electrons. The quantitative estimate of drug-likeness (QED) is 0.767. The van der Waals surface area contributed by atoms with Gasteiger partial charge in [0.15, 0.2) is 0 Å². The van der Waals surface area contributed by atoms with E-state index >= 15 is 0 Å². The molecule has 0 aliphatic carbocycles. The van der Waals surface area contributed by atoms with E-state index in [4.69, 9.17) is 14.0 Å². The van der Waals surface area contributed by atoms with Crippen LogP contribution in [0, 0.1) is 0 Å². The summed E-state index contributed by atoms with van der Waals surface area (Å²) in [5, 5.41) is 2.99. The minimum Gasteiger partial charge on any atom is -0.444 e. The summed E-state index contributed by atoms with van der Waals surface area (Å²) in [6.45, 7) is 13.9. The van der Waals surface area contributed by atoms with Crippen LogP contribution in [0.5, 0.6) is 0 Å². The first-order valence-electron chi connectivity index (χ1n) is 10.4. The SMILES string of the molecule is CN(CC1Cc2cc(B3OC(C)(C)C(C)(C)O3)ccc2C(=O)N1)C(=O)OC(C)(C)C. The first-order chi connectivity index (χ1) is 13.7. The lowest BCUT2D eigenvalue weighted by Crippen LogP contribution is -2.49. The monoisotopic (exact) mass is 416 g/mol. The number of fused-ring (bicyclic) bond motifs is 1. The van der Waals surface area contributed by atoms with Crippen LogP contribution in [0.15, 0.2) is 18.2 Å². The van der Waals surface area contributed by atoms with Gasteiger partial charge >= 0.3 is 13.2 Å². The van der Waals surface area contributed by atoms with E-state index in [-0.39, 0.29) is 11.9 Å². The van der Waals surface area contributed by atoms with Gasteiger partial charge in [0.1, 0.15) is 5.60 Å². The number of hydrogen-bond acceptors (Lipinski definition) is 5. The van der Waals surface area contributed by atoms with Gasteiger partial charge in [-0.3, -0.25) is 4.79 Å². The minimum atomic E-state index is -0.564. The lowest BCUT2D eigenvalue weighted by Gasteiger charge is -2.32. The Hall–Kier alpha value is -2.06. The molecule has 2 heterocycles. The first-order valence-corrected chi connectivity index (χ1v) is 10.4. The van der Waals surface area contributed by atoms with Crippen molar-refractivity contribution >= 4 is 24.6 Å². The van der Waals surface area contributed by atoms with Crippen molar-refractivity contribution in [3.8, 4) is 0 Å². The number of hydrogen-bond donors (Lipinski definition) is 1. The number of benzene rings is 1. The zero-order valence-electron chi connectivity index (χ0n) is 19.3. The third kappa shape index (κ3) is 4.65.